The van der Waals surface area contributed by atoms with Crippen molar-refractivity contribution in [2.75, 3.05) is 13.7 Å². The normalized spacial score (nSPS) is 11.3. The molecule has 2 aromatic rings. The molecule has 1 aromatic heterocycles. The van der Waals surface area contributed by atoms with Crippen LogP contribution in [0.4, 0.5) is 0 Å². The minimum Gasteiger partial charge on any atom is -0.494 e. The molecule has 0 unspecified atom stereocenters. The van der Waals surface area contributed by atoms with Crippen LogP contribution in [-0.2, 0) is 27.8 Å². The van der Waals surface area contributed by atoms with E-state index in [2.05, 4.69) is 10.0 Å². The number of ether oxygens (including phenoxy) is 1. The zero-order valence-electron chi connectivity index (χ0n) is 14.2. The molecule has 1 aromatic carbocycles. The zero-order chi connectivity index (χ0) is 18.3. The fourth-order valence-corrected chi connectivity index (χ4v) is 4.36. The van der Waals surface area contributed by atoms with Gasteiger partial charge in [0.25, 0.3) is 0 Å². The molecule has 25 heavy (non-hydrogen) atoms. The maximum atomic E-state index is 12.0. The second kappa shape index (κ2) is 8.98. The number of carbonyl (C=O) groups excluding carboxylic acids is 1. The molecule has 136 valence electrons. The standard InChI is InChI=1S/C17H22N2O4S2/c1-3-23-15-7-5-4-6-13(15)8-10-16(20)19-12-14-9-11-17(24-14)25(21,22)18-2/h4-7,9,11,18H,3,8,10,12H2,1-2H3,(H,19,20). The summed E-state index contributed by atoms with van der Waals surface area (Å²) in [5, 5.41) is 2.82. The van der Waals surface area contributed by atoms with Crippen LogP contribution in [0.25, 0.3) is 0 Å². The zero-order valence-corrected chi connectivity index (χ0v) is 15.9. The number of para-hydroxylation sites is 1. The lowest BCUT2D eigenvalue weighted by molar-refractivity contribution is -0.121. The predicted molar refractivity (Wildman–Crippen MR) is 98.3 cm³/mol. The molecule has 0 fully saturated rings. The molecule has 0 saturated carbocycles. The second-order valence-corrected chi connectivity index (χ2v) is 8.53. The van der Waals surface area contributed by atoms with Gasteiger partial charge in [0.2, 0.25) is 15.9 Å². The molecule has 6 nitrogen and oxygen atoms in total. The Kier molecular flexibility index (Phi) is 6.98. The van der Waals surface area contributed by atoms with E-state index in [1.807, 2.05) is 31.2 Å². The maximum absolute atomic E-state index is 12.0. The van der Waals surface area contributed by atoms with E-state index in [0.29, 0.717) is 26.0 Å². The summed E-state index contributed by atoms with van der Waals surface area (Å²) < 4.78 is 31.5. The molecule has 0 spiro atoms. The van der Waals surface area contributed by atoms with Gasteiger partial charge in [0.05, 0.1) is 13.2 Å². The smallest absolute Gasteiger partial charge is 0.249 e. The Balaban J connectivity index is 1.86. The summed E-state index contributed by atoms with van der Waals surface area (Å²) in [5.74, 6) is 0.718. The summed E-state index contributed by atoms with van der Waals surface area (Å²) in [7, 11) is -2.06. The third kappa shape index (κ3) is 5.55. The SMILES string of the molecule is CCOc1ccccc1CCC(=O)NCc1ccc(S(=O)(=O)NC)s1. The van der Waals surface area contributed by atoms with Crippen LogP contribution in [0.5, 0.6) is 5.75 Å². The van der Waals surface area contributed by atoms with Gasteiger partial charge < -0.3 is 10.1 Å². The number of hydrogen-bond donors (Lipinski definition) is 2. The molecule has 0 bridgehead atoms. The number of aryl methyl sites for hydroxylation is 1. The van der Waals surface area contributed by atoms with Crippen molar-refractivity contribution in [2.45, 2.75) is 30.5 Å². The Morgan fingerprint density at radius 1 is 1.20 bits per heavy atom. The summed E-state index contributed by atoms with van der Waals surface area (Å²) in [6, 6.07) is 10.9. The number of sulfonamides is 1. The Morgan fingerprint density at radius 3 is 2.68 bits per heavy atom. The summed E-state index contributed by atoms with van der Waals surface area (Å²) in [6.07, 6.45) is 0.933. The first-order valence-corrected chi connectivity index (χ1v) is 10.3. The predicted octanol–water partition coefficient (Wildman–Crippen LogP) is 2.30. The van der Waals surface area contributed by atoms with Gasteiger partial charge in [-0.2, -0.15) is 0 Å². The molecule has 0 radical (unpaired) electrons. The van der Waals surface area contributed by atoms with Crippen LogP contribution in [0.15, 0.2) is 40.6 Å². The Labute approximate surface area is 152 Å². The van der Waals surface area contributed by atoms with Crippen molar-refractivity contribution in [3.63, 3.8) is 0 Å². The Bertz CT molecular complexity index is 816. The van der Waals surface area contributed by atoms with Crippen molar-refractivity contribution in [3.05, 3.63) is 46.8 Å². The van der Waals surface area contributed by atoms with Crippen LogP contribution in [0, 0.1) is 0 Å². The summed E-state index contributed by atoms with van der Waals surface area (Å²) >= 11 is 1.14. The van der Waals surface area contributed by atoms with E-state index < -0.39 is 10.0 Å². The van der Waals surface area contributed by atoms with Crippen LogP contribution in [0.3, 0.4) is 0 Å². The molecule has 0 aliphatic carbocycles. The van der Waals surface area contributed by atoms with Crippen molar-refractivity contribution in [3.8, 4) is 5.75 Å². The number of amides is 1. The lowest BCUT2D eigenvalue weighted by atomic mass is 10.1. The molecule has 0 atom stereocenters. The van der Waals surface area contributed by atoms with Crippen molar-refractivity contribution in [1.29, 1.82) is 0 Å². The molecule has 0 saturated heterocycles. The van der Waals surface area contributed by atoms with Crippen molar-refractivity contribution in [1.82, 2.24) is 10.0 Å². The van der Waals surface area contributed by atoms with Gasteiger partial charge in [-0.25, -0.2) is 13.1 Å². The minimum absolute atomic E-state index is 0.0854. The topological polar surface area (TPSA) is 84.5 Å². The van der Waals surface area contributed by atoms with Crippen LogP contribution >= 0.6 is 11.3 Å². The number of thiophene rings is 1. The molecule has 2 rings (SSSR count). The lowest BCUT2D eigenvalue weighted by Crippen LogP contribution is -2.22. The van der Waals surface area contributed by atoms with Crippen LogP contribution in [0.2, 0.25) is 0 Å². The Morgan fingerprint density at radius 2 is 1.96 bits per heavy atom. The molecule has 0 aliphatic heterocycles. The number of carbonyl (C=O) groups is 1. The fraction of sp³-hybridized carbons (Fsp3) is 0.353. The Hall–Kier alpha value is -1.90. The average molecular weight is 383 g/mol. The molecule has 1 heterocycles. The van der Waals surface area contributed by atoms with Crippen LogP contribution < -0.4 is 14.8 Å². The molecular formula is C17H22N2O4S2. The highest BCUT2D eigenvalue weighted by atomic mass is 32.2. The van der Waals surface area contributed by atoms with E-state index >= 15 is 0 Å². The van der Waals surface area contributed by atoms with E-state index in [1.54, 1.807) is 6.07 Å². The molecule has 0 aliphatic rings. The van der Waals surface area contributed by atoms with E-state index in [4.69, 9.17) is 4.74 Å². The maximum Gasteiger partial charge on any atom is 0.249 e. The van der Waals surface area contributed by atoms with Gasteiger partial charge in [0.1, 0.15) is 9.96 Å². The quantitative estimate of drug-likeness (QED) is 0.697. The molecule has 8 heteroatoms. The molecule has 1 amide bonds. The highest BCUT2D eigenvalue weighted by Crippen LogP contribution is 2.21. The fourth-order valence-electron chi connectivity index (χ4n) is 2.23. The largest absolute Gasteiger partial charge is 0.494 e. The third-order valence-corrected chi connectivity index (χ3v) is 6.52. The summed E-state index contributed by atoms with van der Waals surface area (Å²) in [4.78, 5) is 12.8. The van der Waals surface area contributed by atoms with Crippen LogP contribution in [-0.4, -0.2) is 28.0 Å². The van der Waals surface area contributed by atoms with Crippen LogP contribution in [0.1, 0.15) is 23.8 Å². The number of rotatable bonds is 9. The van der Waals surface area contributed by atoms with E-state index in [9.17, 15) is 13.2 Å². The van der Waals surface area contributed by atoms with Gasteiger partial charge in [-0.1, -0.05) is 18.2 Å². The molecule has 2 N–H and O–H groups in total. The van der Waals surface area contributed by atoms with E-state index in [0.717, 1.165) is 27.5 Å². The van der Waals surface area contributed by atoms with Crippen molar-refractivity contribution >= 4 is 27.3 Å². The highest BCUT2D eigenvalue weighted by Gasteiger charge is 2.14. The van der Waals surface area contributed by atoms with Gasteiger partial charge in [-0.15, -0.1) is 11.3 Å². The summed E-state index contributed by atoms with van der Waals surface area (Å²) in [6.45, 7) is 2.82. The third-order valence-electron chi connectivity index (χ3n) is 3.52. The van der Waals surface area contributed by atoms with Gasteiger partial charge in [0, 0.05) is 11.3 Å². The van der Waals surface area contributed by atoms with E-state index in [1.165, 1.54) is 13.1 Å². The first-order valence-electron chi connectivity index (χ1n) is 7.96. The van der Waals surface area contributed by atoms with Gasteiger partial charge in [-0.3, -0.25) is 4.79 Å². The van der Waals surface area contributed by atoms with E-state index in [-0.39, 0.29) is 10.1 Å². The van der Waals surface area contributed by atoms with Gasteiger partial charge in [0.15, 0.2) is 0 Å². The minimum atomic E-state index is -3.43. The number of benzene rings is 1. The van der Waals surface area contributed by atoms with Crippen molar-refractivity contribution < 1.29 is 17.9 Å². The first kappa shape index (κ1) is 19.4. The average Bonchev–Trinajstić information content (AvgIpc) is 3.09. The number of nitrogens with one attached hydrogen (secondary N) is 2. The van der Waals surface area contributed by atoms with Crippen molar-refractivity contribution in [2.24, 2.45) is 0 Å². The first-order chi connectivity index (χ1) is 12.0. The number of hydrogen-bond acceptors (Lipinski definition) is 5. The summed E-state index contributed by atoms with van der Waals surface area (Å²) in [5.41, 5.74) is 0.998. The van der Waals surface area contributed by atoms with Gasteiger partial charge >= 0.3 is 0 Å². The second-order valence-electron chi connectivity index (χ2n) is 5.25. The highest BCUT2D eigenvalue weighted by molar-refractivity contribution is 7.91. The molecular weight excluding hydrogens is 360 g/mol. The van der Waals surface area contributed by atoms with Gasteiger partial charge in [-0.05, 0) is 44.2 Å². The monoisotopic (exact) mass is 382 g/mol. The lowest BCUT2D eigenvalue weighted by Gasteiger charge is -2.09.